The lowest BCUT2D eigenvalue weighted by molar-refractivity contribution is -0.114. The molecule has 2 aromatic carbocycles. The standard InChI is InChI=1S/C22H23N3O2/c1-13-8-9-17(14(2)12-13)15(3)24-22(27)19-10-11-23-21-18(19)6-5-7-20(21)25-16(4)26/h5-12,15H,1-4H3,(H,24,27)(H,25,26)/t15-/m1/s1. The third kappa shape index (κ3) is 3.97. The number of nitrogens with one attached hydrogen (secondary N) is 2. The van der Waals surface area contributed by atoms with Crippen LogP contribution < -0.4 is 10.6 Å². The van der Waals surface area contributed by atoms with E-state index in [-0.39, 0.29) is 17.9 Å². The summed E-state index contributed by atoms with van der Waals surface area (Å²) >= 11 is 0. The van der Waals surface area contributed by atoms with Gasteiger partial charge in [-0.25, -0.2) is 0 Å². The maximum absolute atomic E-state index is 12.9. The summed E-state index contributed by atoms with van der Waals surface area (Å²) in [5.74, 6) is -0.350. The van der Waals surface area contributed by atoms with E-state index in [0.717, 1.165) is 11.1 Å². The number of carbonyl (C=O) groups is 2. The molecule has 3 aromatic rings. The molecule has 2 amide bonds. The lowest BCUT2D eigenvalue weighted by Crippen LogP contribution is -2.27. The Morgan fingerprint density at radius 1 is 1.07 bits per heavy atom. The Morgan fingerprint density at radius 2 is 1.85 bits per heavy atom. The molecular formula is C22H23N3O2. The first-order valence-corrected chi connectivity index (χ1v) is 8.90. The number of fused-ring (bicyclic) bond motifs is 1. The van der Waals surface area contributed by atoms with Gasteiger partial charge in [0, 0.05) is 18.5 Å². The number of aromatic nitrogens is 1. The van der Waals surface area contributed by atoms with Crippen LogP contribution in [0.15, 0.2) is 48.7 Å². The van der Waals surface area contributed by atoms with Gasteiger partial charge in [-0.3, -0.25) is 14.6 Å². The Hall–Kier alpha value is -3.21. The first kappa shape index (κ1) is 18.6. The zero-order valence-corrected chi connectivity index (χ0v) is 16.0. The molecule has 0 bridgehead atoms. The van der Waals surface area contributed by atoms with Gasteiger partial charge in [0.1, 0.15) is 0 Å². The monoisotopic (exact) mass is 361 g/mol. The van der Waals surface area contributed by atoms with Crippen molar-refractivity contribution in [2.24, 2.45) is 0 Å². The lowest BCUT2D eigenvalue weighted by Gasteiger charge is -2.18. The number of amides is 2. The summed E-state index contributed by atoms with van der Waals surface area (Å²) in [4.78, 5) is 28.7. The van der Waals surface area contributed by atoms with Crippen molar-refractivity contribution in [3.63, 3.8) is 0 Å². The van der Waals surface area contributed by atoms with Gasteiger partial charge in [-0.1, -0.05) is 35.9 Å². The summed E-state index contributed by atoms with van der Waals surface area (Å²) in [6.45, 7) is 7.52. The third-order valence-electron chi connectivity index (χ3n) is 4.57. The molecule has 0 radical (unpaired) electrons. The van der Waals surface area contributed by atoms with Crippen LogP contribution in [0.5, 0.6) is 0 Å². The minimum atomic E-state index is -0.178. The van der Waals surface area contributed by atoms with Crippen LogP contribution in [-0.4, -0.2) is 16.8 Å². The minimum absolute atomic E-state index is 0.125. The van der Waals surface area contributed by atoms with Crippen molar-refractivity contribution >= 4 is 28.4 Å². The van der Waals surface area contributed by atoms with Gasteiger partial charge in [-0.2, -0.15) is 0 Å². The number of anilines is 1. The highest BCUT2D eigenvalue weighted by Crippen LogP contribution is 2.25. The van der Waals surface area contributed by atoms with E-state index in [1.807, 2.05) is 26.0 Å². The number of benzene rings is 2. The Morgan fingerprint density at radius 3 is 2.56 bits per heavy atom. The summed E-state index contributed by atoms with van der Waals surface area (Å²) < 4.78 is 0. The molecule has 0 aliphatic carbocycles. The van der Waals surface area contributed by atoms with Crippen LogP contribution in [0.1, 0.15) is 46.9 Å². The average Bonchev–Trinajstić information content (AvgIpc) is 2.60. The Labute approximate surface area is 158 Å². The van der Waals surface area contributed by atoms with Crippen molar-refractivity contribution < 1.29 is 9.59 Å². The van der Waals surface area contributed by atoms with E-state index in [9.17, 15) is 9.59 Å². The normalized spacial score (nSPS) is 11.9. The van der Waals surface area contributed by atoms with Gasteiger partial charge in [0.05, 0.1) is 22.8 Å². The number of carbonyl (C=O) groups excluding carboxylic acids is 2. The Kier molecular flexibility index (Phi) is 5.21. The Bertz CT molecular complexity index is 1030. The van der Waals surface area contributed by atoms with Crippen molar-refractivity contribution in [2.75, 3.05) is 5.32 Å². The van der Waals surface area contributed by atoms with Crippen molar-refractivity contribution in [3.8, 4) is 0 Å². The Balaban J connectivity index is 1.92. The van der Waals surface area contributed by atoms with Crippen LogP contribution in [0.4, 0.5) is 5.69 Å². The van der Waals surface area contributed by atoms with Gasteiger partial charge < -0.3 is 10.6 Å². The fourth-order valence-electron chi connectivity index (χ4n) is 3.33. The molecule has 0 spiro atoms. The molecule has 0 saturated heterocycles. The van der Waals surface area contributed by atoms with E-state index in [1.54, 1.807) is 24.4 Å². The van der Waals surface area contributed by atoms with Crippen LogP contribution in [0.3, 0.4) is 0 Å². The van der Waals surface area contributed by atoms with E-state index >= 15 is 0 Å². The van der Waals surface area contributed by atoms with E-state index in [4.69, 9.17) is 0 Å². The fraction of sp³-hybridized carbons (Fsp3) is 0.227. The molecule has 0 fully saturated rings. The van der Waals surface area contributed by atoms with Crippen LogP contribution in [0.2, 0.25) is 0 Å². The smallest absolute Gasteiger partial charge is 0.252 e. The molecule has 0 aliphatic rings. The number of hydrogen-bond acceptors (Lipinski definition) is 3. The zero-order valence-electron chi connectivity index (χ0n) is 16.0. The molecule has 1 atom stereocenters. The second kappa shape index (κ2) is 7.58. The van der Waals surface area contributed by atoms with E-state index < -0.39 is 0 Å². The topological polar surface area (TPSA) is 71.1 Å². The van der Waals surface area contributed by atoms with Gasteiger partial charge in [0.15, 0.2) is 0 Å². The summed E-state index contributed by atoms with van der Waals surface area (Å²) in [7, 11) is 0. The number of pyridine rings is 1. The maximum Gasteiger partial charge on any atom is 0.252 e. The molecular weight excluding hydrogens is 338 g/mol. The number of rotatable bonds is 4. The largest absolute Gasteiger partial charge is 0.345 e. The van der Waals surface area contributed by atoms with Crippen LogP contribution in [0, 0.1) is 13.8 Å². The second-order valence-corrected chi connectivity index (χ2v) is 6.80. The van der Waals surface area contributed by atoms with E-state index in [2.05, 4.69) is 34.7 Å². The molecule has 27 heavy (non-hydrogen) atoms. The predicted molar refractivity (Wildman–Crippen MR) is 108 cm³/mol. The number of para-hydroxylation sites is 1. The maximum atomic E-state index is 12.9. The van der Waals surface area contributed by atoms with Crippen LogP contribution in [-0.2, 0) is 4.79 Å². The van der Waals surface area contributed by atoms with Gasteiger partial charge in [0.2, 0.25) is 5.91 Å². The lowest BCUT2D eigenvalue weighted by atomic mass is 9.99. The first-order chi connectivity index (χ1) is 12.9. The van der Waals surface area contributed by atoms with Gasteiger partial charge >= 0.3 is 0 Å². The minimum Gasteiger partial charge on any atom is -0.345 e. The summed E-state index contributed by atoms with van der Waals surface area (Å²) in [6, 6.07) is 13.2. The molecule has 3 rings (SSSR count). The first-order valence-electron chi connectivity index (χ1n) is 8.90. The third-order valence-corrected chi connectivity index (χ3v) is 4.57. The summed E-state index contributed by atoms with van der Waals surface area (Å²) in [5.41, 5.74) is 5.15. The van der Waals surface area contributed by atoms with Crippen molar-refractivity contribution in [2.45, 2.75) is 33.7 Å². The van der Waals surface area contributed by atoms with Gasteiger partial charge in [-0.05, 0) is 44.0 Å². The molecule has 5 nitrogen and oxygen atoms in total. The van der Waals surface area contributed by atoms with Gasteiger partial charge in [-0.15, -0.1) is 0 Å². The van der Waals surface area contributed by atoms with Crippen molar-refractivity contribution in [3.05, 3.63) is 70.9 Å². The number of nitrogens with zero attached hydrogens (tertiary/aromatic N) is 1. The molecule has 0 aliphatic heterocycles. The van der Waals surface area contributed by atoms with Crippen LogP contribution in [0.25, 0.3) is 10.9 Å². The molecule has 2 N–H and O–H groups in total. The summed E-state index contributed by atoms with van der Waals surface area (Å²) in [5, 5.41) is 6.53. The highest BCUT2D eigenvalue weighted by Gasteiger charge is 2.17. The van der Waals surface area contributed by atoms with Crippen molar-refractivity contribution in [1.29, 1.82) is 0 Å². The molecule has 0 saturated carbocycles. The zero-order chi connectivity index (χ0) is 19.6. The highest BCUT2D eigenvalue weighted by atomic mass is 16.2. The van der Waals surface area contributed by atoms with Gasteiger partial charge in [0.25, 0.3) is 5.91 Å². The van der Waals surface area contributed by atoms with Crippen molar-refractivity contribution in [1.82, 2.24) is 10.3 Å². The van der Waals surface area contributed by atoms with E-state index in [0.29, 0.717) is 22.2 Å². The number of hydrogen-bond donors (Lipinski definition) is 2. The second-order valence-electron chi connectivity index (χ2n) is 6.80. The molecule has 138 valence electrons. The molecule has 1 aromatic heterocycles. The average molecular weight is 361 g/mol. The molecule has 1 heterocycles. The van der Waals surface area contributed by atoms with E-state index in [1.165, 1.54) is 12.5 Å². The predicted octanol–water partition coefficient (Wildman–Crippen LogP) is 4.30. The fourth-order valence-corrected chi connectivity index (χ4v) is 3.33. The quantitative estimate of drug-likeness (QED) is 0.728. The molecule has 0 unspecified atom stereocenters. The SMILES string of the molecule is CC(=O)Nc1cccc2c(C(=O)N[C@H](C)c3ccc(C)cc3C)ccnc12. The highest BCUT2D eigenvalue weighted by molar-refractivity contribution is 6.10. The van der Waals surface area contributed by atoms with Crippen LogP contribution >= 0.6 is 0 Å². The molecule has 5 heteroatoms. The summed E-state index contributed by atoms with van der Waals surface area (Å²) in [6.07, 6.45) is 1.59. The number of aryl methyl sites for hydroxylation is 2.